The molecule has 2 N–H and O–H groups in total. The van der Waals surface area contributed by atoms with Crippen LogP contribution < -0.4 is 0 Å². The lowest BCUT2D eigenvalue weighted by atomic mass is 10.0. The lowest BCUT2D eigenvalue weighted by Crippen LogP contribution is -2.54. The van der Waals surface area contributed by atoms with E-state index in [9.17, 15) is 10.2 Å². The number of aliphatic hydroxyl groups is 2. The van der Waals surface area contributed by atoms with Crippen LogP contribution in [0.4, 0.5) is 0 Å². The first-order chi connectivity index (χ1) is 7.68. The highest BCUT2D eigenvalue weighted by molar-refractivity contribution is 4.86. The number of rotatable bonds is 2. The maximum Gasteiger partial charge on any atom is 0.158 e. The second-order valence-electron chi connectivity index (χ2n) is 4.49. The minimum Gasteiger partial charge on any atom is -0.388 e. The molecule has 0 saturated carbocycles. The van der Waals surface area contributed by atoms with Crippen molar-refractivity contribution in [3.63, 3.8) is 0 Å². The van der Waals surface area contributed by atoms with Gasteiger partial charge in [-0.1, -0.05) is 0 Å². The van der Waals surface area contributed by atoms with Crippen LogP contribution in [0.5, 0.6) is 0 Å². The van der Waals surface area contributed by atoms with Crippen LogP contribution in [0.15, 0.2) is 0 Å². The Kier molecular flexibility index (Phi) is 4.16. The molecule has 0 aliphatic carbocycles. The summed E-state index contributed by atoms with van der Waals surface area (Å²) in [5, 5.41) is 19.3. The highest BCUT2D eigenvalue weighted by atomic mass is 16.7. The molecule has 0 aromatic carbocycles. The van der Waals surface area contributed by atoms with Gasteiger partial charge in [-0.2, -0.15) is 0 Å². The standard InChI is InChI=1S/C11H20O5/c1-7-11(10(13)8(12)6-15-7)16-9-4-2-3-5-14-9/h7-13H,2-6H2,1H3. The third-order valence-electron chi connectivity index (χ3n) is 3.17. The molecular weight excluding hydrogens is 212 g/mol. The van der Waals surface area contributed by atoms with E-state index in [0.29, 0.717) is 6.61 Å². The van der Waals surface area contributed by atoms with Crippen molar-refractivity contribution in [1.29, 1.82) is 0 Å². The second-order valence-corrected chi connectivity index (χ2v) is 4.49. The maximum atomic E-state index is 9.83. The Bertz CT molecular complexity index is 216. The van der Waals surface area contributed by atoms with Gasteiger partial charge in [-0.25, -0.2) is 0 Å². The van der Waals surface area contributed by atoms with Crippen LogP contribution in [0.25, 0.3) is 0 Å². The number of hydrogen-bond acceptors (Lipinski definition) is 5. The average Bonchev–Trinajstić information content (AvgIpc) is 2.31. The summed E-state index contributed by atoms with van der Waals surface area (Å²) in [6.07, 6.45) is 0.207. The molecule has 16 heavy (non-hydrogen) atoms. The van der Waals surface area contributed by atoms with Crippen LogP contribution in [0.3, 0.4) is 0 Å². The monoisotopic (exact) mass is 232 g/mol. The van der Waals surface area contributed by atoms with Gasteiger partial charge >= 0.3 is 0 Å². The van der Waals surface area contributed by atoms with Gasteiger partial charge in [-0.15, -0.1) is 0 Å². The molecule has 5 heteroatoms. The van der Waals surface area contributed by atoms with E-state index in [4.69, 9.17) is 14.2 Å². The SMILES string of the molecule is CC1OCC(O)C(O)C1OC1CCCCO1. The van der Waals surface area contributed by atoms with Crippen LogP contribution in [0, 0.1) is 0 Å². The van der Waals surface area contributed by atoms with E-state index < -0.39 is 18.3 Å². The zero-order valence-electron chi connectivity index (χ0n) is 9.54. The minimum absolute atomic E-state index is 0.160. The molecular formula is C11H20O5. The zero-order chi connectivity index (χ0) is 11.5. The van der Waals surface area contributed by atoms with Crippen molar-refractivity contribution in [2.75, 3.05) is 13.2 Å². The van der Waals surface area contributed by atoms with Crippen molar-refractivity contribution in [3.05, 3.63) is 0 Å². The molecule has 5 nitrogen and oxygen atoms in total. The van der Waals surface area contributed by atoms with Gasteiger partial charge in [0.2, 0.25) is 0 Å². The maximum absolute atomic E-state index is 9.83. The summed E-state index contributed by atoms with van der Waals surface area (Å²) in [5.41, 5.74) is 0. The Morgan fingerprint density at radius 2 is 2.00 bits per heavy atom. The van der Waals surface area contributed by atoms with Gasteiger partial charge in [0.15, 0.2) is 6.29 Å². The number of hydrogen-bond donors (Lipinski definition) is 2. The van der Waals surface area contributed by atoms with E-state index in [-0.39, 0.29) is 19.0 Å². The Labute approximate surface area is 95.3 Å². The zero-order valence-corrected chi connectivity index (χ0v) is 9.54. The molecule has 2 heterocycles. The van der Waals surface area contributed by atoms with Crippen LogP contribution in [-0.2, 0) is 14.2 Å². The lowest BCUT2D eigenvalue weighted by Gasteiger charge is -2.38. The van der Waals surface area contributed by atoms with Crippen molar-refractivity contribution >= 4 is 0 Å². The minimum atomic E-state index is -0.894. The lowest BCUT2D eigenvalue weighted by molar-refractivity contribution is -0.263. The summed E-state index contributed by atoms with van der Waals surface area (Å²) in [4.78, 5) is 0. The normalized spacial score (nSPS) is 45.6. The molecule has 5 unspecified atom stereocenters. The first kappa shape index (κ1) is 12.3. The van der Waals surface area contributed by atoms with E-state index in [1.54, 1.807) is 0 Å². The van der Waals surface area contributed by atoms with Gasteiger partial charge in [0.25, 0.3) is 0 Å². The van der Waals surface area contributed by atoms with E-state index in [1.807, 2.05) is 6.92 Å². The first-order valence-electron chi connectivity index (χ1n) is 5.93. The molecule has 0 amide bonds. The van der Waals surface area contributed by atoms with E-state index in [2.05, 4.69) is 0 Å². The van der Waals surface area contributed by atoms with Crippen LogP contribution >= 0.6 is 0 Å². The summed E-state index contributed by atoms with van der Waals surface area (Å²) in [6.45, 7) is 2.70. The molecule has 2 rings (SSSR count). The molecule has 0 bridgehead atoms. The first-order valence-corrected chi connectivity index (χ1v) is 5.93. The summed E-state index contributed by atoms with van der Waals surface area (Å²) in [7, 11) is 0. The summed E-state index contributed by atoms with van der Waals surface area (Å²) in [6, 6.07) is 0. The quantitative estimate of drug-likeness (QED) is 0.703. The Hall–Kier alpha value is -0.200. The molecule has 2 fully saturated rings. The van der Waals surface area contributed by atoms with Gasteiger partial charge in [0.1, 0.15) is 18.3 Å². The molecule has 2 aliphatic heterocycles. The fourth-order valence-corrected chi connectivity index (χ4v) is 2.13. The molecule has 94 valence electrons. The Morgan fingerprint density at radius 1 is 1.19 bits per heavy atom. The predicted molar refractivity (Wildman–Crippen MR) is 55.9 cm³/mol. The fraction of sp³-hybridized carbons (Fsp3) is 1.00. The fourth-order valence-electron chi connectivity index (χ4n) is 2.13. The van der Waals surface area contributed by atoms with Crippen molar-refractivity contribution in [3.8, 4) is 0 Å². The molecule has 0 spiro atoms. The largest absolute Gasteiger partial charge is 0.388 e. The van der Waals surface area contributed by atoms with Crippen LogP contribution in [-0.4, -0.2) is 54.1 Å². The van der Waals surface area contributed by atoms with Gasteiger partial charge in [-0.05, 0) is 26.2 Å². The Balaban J connectivity index is 1.89. The number of aliphatic hydroxyl groups excluding tert-OH is 2. The molecule has 2 saturated heterocycles. The molecule has 0 aromatic rings. The summed E-state index contributed by atoms with van der Waals surface area (Å²) < 4.78 is 16.4. The van der Waals surface area contributed by atoms with Gasteiger partial charge < -0.3 is 24.4 Å². The number of ether oxygens (including phenoxy) is 3. The third-order valence-corrected chi connectivity index (χ3v) is 3.17. The highest BCUT2D eigenvalue weighted by Gasteiger charge is 2.39. The molecule has 2 aliphatic rings. The van der Waals surface area contributed by atoms with Gasteiger partial charge in [-0.3, -0.25) is 0 Å². The van der Waals surface area contributed by atoms with Gasteiger partial charge in [0, 0.05) is 6.61 Å². The molecule has 0 aromatic heterocycles. The topological polar surface area (TPSA) is 68.2 Å². The van der Waals surface area contributed by atoms with Crippen LogP contribution in [0.1, 0.15) is 26.2 Å². The van der Waals surface area contributed by atoms with Crippen molar-refractivity contribution < 1.29 is 24.4 Å². The predicted octanol–water partition coefficient (Wildman–Crippen LogP) is 0.0387. The van der Waals surface area contributed by atoms with Crippen molar-refractivity contribution in [1.82, 2.24) is 0 Å². The van der Waals surface area contributed by atoms with Gasteiger partial charge in [0.05, 0.1) is 12.7 Å². The second kappa shape index (κ2) is 5.42. The van der Waals surface area contributed by atoms with Crippen LogP contribution in [0.2, 0.25) is 0 Å². The summed E-state index contributed by atoms with van der Waals surface area (Å²) >= 11 is 0. The van der Waals surface area contributed by atoms with E-state index in [0.717, 1.165) is 19.3 Å². The smallest absolute Gasteiger partial charge is 0.158 e. The molecule has 0 radical (unpaired) electrons. The van der Waals surface area contributed by atoms with Crippen molar-refractivity contribution in [2.45, 2.75) is 56.9 Å². The van der Waals surface area contributed by atoms with E-state index in [1.165, 1.54) is 0 Å². The highest BCUT2D eigenvalue weighted by Crippen LogP contribution is 2.23. The summed E-state index contributed by atoms with van der Waals surface area (Å²) in [5.74, 6) is 0. The molecule has 5 atom stereocenters. The average molecular weight is 232 g/mol. The Morgan fingerprint density at radius 3 is 2.69 bits per heavy atom. The van der Waals surface area contributed by atoms with E-state index >= 15 is 0 Å². The van der Waals surface area contributed by atoms with Crippen molar-refractivity contribution in [2.24, 2.45) is 0 Å². The third kappa shape index (κ3) is 2.73.